The summed E-state index contributed by atoms with van der Waals surface area (Å²) < 4.78 is 0. The highest BCUT2D eigenvalue weighted by atomic mass is 35.5. The SMILES string of the molecule is CC(NC(=O)Cc1ccccc1Cl)c1ccc(NC(=O)C2CC2)cc1. The number of carbonyl (C=O) groups is 2. The number of benzene rings is 2. The molecule has 0 heterocycles. The Kier molecular flexibility index (Phi) is 5.39. The predicted molar refractivity (Wildman–Crippen MR) is 99.5 cm³/mol. The first-order chi connectivity index (χ1) is 12.0. The third-order valence-electron chi connectivity index (χ3n) is 4.31. The molecule has 1 fully saturated rings. The van der Waals surface area contributed by atoms with Gasteiger partial charge in [-0.2, -0.15) is 0 Å². The van der Waals surface area contributed by atoms with E-state index in [9.17, 15) is 9.59 Å². The second-order valence-electron chi connectivity index (χ2n) is 6.44. The van der Waals surface area contributed by atoms with E-state index in [1.807, 2.05) is 49.4 Å². The molecule has 2 N–H and O–H groups in total. The highest BCUT2D eigenvalue weighted by Gasteiger charge is 2.29. The first-order valence-electron chi connectivity index (χ1n) is 8.46. The van der Waals surface area contributed by atoms with E-state index in [2.05, 4.69) is 10.6 Å². The molecule has 130 valence electrons. The fourth-order valence-corrected chi connectivity index (χ4v) is 2.84. The van der Waals surface area contributed by atoms with E-state index >= 15 is 0 Å². The van der Waals surface area contributed by atoms with Crippen LogP contribution in [0.5, 0.6) is 0 Å². The van der Waals surface area contributed by atoms with Gasteiger partial charge in [0.05, 0.1) is 12.5 Å². The van der Waals surface area contributed by atoms with Crippen LogP contribution in [0.25, 0.3) is 0 Å². The molecule has 2 aromatic rings. The van der Waals surface area contributed by atoms with Crippen molar-refractivity contribution in [2.75, 3.05) is 5.32 Å². The summed E-state index contributed by atoms with van der Waals surface area (Å²) in [7, 11) is 0. The summed E-state index contributed by atoms with van der Waals surface area (Å²) in [5.74, 6) is 0.197. The van der Waals surface area contributed by atoms with Gasteiger partial charge >= 0.3 is 0 Å². The average molecular weight is 357 g/mol. The van der Waals surface area contributed by atoms with E-state index in [0.29, 0.717) is 5.02 Å². The summed E-state index contributed by atoms with van der Waals surface area (Å²) >= 11 is 6.09. The molecule has 0 radical (unpaired) electrons. The quantitative estimate of drug-likeness (QED) is 0.818. The van der Waals surface area contributed by atoms with Crippen molar-refractivity contribution in [3.8, 4) is 0 Å². The van der Waals surface area contributed by atoms with Crippen LogP contribution < -0.4 is 10.6 Å². The molecule has 1 aliphatic carbocycles. The Balaban J connectivity index is 1.55. The van der Waals surface area contributed by atoms with E-state index in [-0.39, 0.29) is 30.2 Å². The minimum Gasteiger partial charge on any atom is -0.349 e. The maximum Gasteiger partial charge on any atom is 0.227 e. The molecule has 1 saturated carbocycles. The Hall–Kier alpha value is -2.33. The summed E-state index contributed by atoms with van der Waals surface area (Å²) in [4.78, 5) is 24.0. The van der Waals surface area contributed by atoms with Crippen LogP contribution in [0.3, 0.4) is 0 Å². The van der Waals surface area contributed by atoms with Crippen molar-refractivity contribution in [1.82, 2.24) is 5.32 Å². The van der Waals surface area contributed by atoms with Gasteiger partial charge in [-0.1, -0.05) is 41.9 Å². The Morgan fingerprint density at radius 3 is 2.44 bits per heavy atom. The van der Waals surface area contributed by atoms with Crippen LogP contribution in [0.4, 0.5) is 5.69 Å². The highest BCUT2D eigenvalue weighted by molar-refractivity contribution is 6.31. The maximum atomic E-state index is 12.2. The lowest BCUT2D eigenvalue weighted by Crippen LogP contribution is -2.28. The highest BCUT2D eigenvalue weighted by Crippen LogP contribution is 2.30. The Morgan fingerprint density at radius 1 is 1.12 bits per heavy atom. The number of nitrogens with one attached hydrogen (secondary N) is 2. The molecule has 25 heavy (non-hydrogen) atoms. The van der Waals surface area contributed by atoms with Crippen molar-refractivity contribution in [2.24, 2.45) is 5.92 Å². The van der Waals surface area contributed by atoms with Crippen LogP contribution in [-0.4, -0.2) is 11.8 Å². The molecule has 3 rings (SSSR count). The summed E-state index contributed by atoms with van der Waals surface area (Å²) in [6, 6.07) is 14.8. The van der Waals surface area contributed by atoms with Crippen molar-refractivity contribution in [3.05, 3.63) is 64.7 Å². The van der Waals surface area contributed by atoms with Gasteiger partial charge in [-0.15, -0.1) is 0 Å². The molecular formula is C20H21ClN2O2. The zero-order valence-electron chi connectivity index (χ0n) is 14.1. The van der Waals surface area contributed by atoms with Crippen molar-refractivity contribution < 1.29 is 9.59 Å². The molecule has 1 atom stereocenters. The summed E-state index contributed by atoms with van der Waals surface area (Å²) in [6.45, 7) is 1.93. The minimum atomic E-state index is -0.122. The molecule has 2 amide bonds. The van der Waals surface area contributed by atoms with Gasteiger partial charge in [-0.3, -0.25) is 9.59 Å². The summed E-state index contributed by atoms with van der Waals surface area (Å²) in [5, 5.41) is 6.48. The predicted octanol–water partition coefficient (Wildman–Crippen LogP) is 4.11. The number of carbonyl (C=O) groups excluding carboxylic acids is 2. The van der Waals surface area contributed by atoms with Gasteiger partial charge in [0, 0.05) is 16.6 Å². The second-order valence-corrected chi connectivity index (χ2v) is 6.85. The lowest BCUT2D eigenvalue weighted by atomic mass is 10.1. The summed E-state index contributed by atoms with van der Waals surface area (Å²) in [6.07, 6.45) is 2.22. The van der Waals surface area contributed by atoms with Gasteiger partial charge in [0.2, 0.25) is 11.8 Å². The summed E-state index contributed by atoms with van der Waals surface area (Å²) in [5.41, 5.74) is 2.58. The fourth-order valence-electron chi connectivity index (χ4n) is 2.64. The molecule has 0 spiro atoms. The topological polar surface area (TPSA) is 58.2 Å². The van der Waals surface area contributed by atoms with E-state index < -0.39 is 0 Å². The van der Waals surface area contributed by atoms with Gasteiger partial charge in [0.15, 0.2) is 0 Å². The largest absolute Gasteiger partial charge is 0.349 e. The molecule has 1 aliphatic rings. The Morgan fingerprint density at radius 2 is 1.80 bits per heavy atom. The van der Waals surface area contributed by atoms with Crippen molar-refractivity contribution in [2.45, 2.75) is 32.2 Å². The third kappa shape index (κ3) is 4.83. The van der Waals surface area contributed by atoms with Crippen LogP contribution in [0, 0.1) is 5.92 Å². The van der Waals surface area contributed by atoms with Crippen molar-refractivity contribution in [3.63, 3.8) is 0 Å². The van der Waals surface area contributed by atoms with E-state index in [0.717, 1.165) is 29.7 Å². The number of amides is 2. The van der Waals surface area contributed by atoms with Crippen LogP contribution in [0.2, 0.25) is 5.02 Å². The van der Waals surface area contributed by atoms with E-state index in [1.54, 1.807) is 6.07 Å². The van der Waals surface area contributed by atoms with E-state index in [4.69, 9.17) is 11.6 Å². The van der Waals surface area contributed by atoms with Gasteiger partial charge in [0.1, 0.15) is 0 Å². The molecule has 0 bridgehead atoms. The van der Waals surface area contributed by atoms with Crippen molar-refractivity contribution in [1.29, 1.82) is 0 Å². The first kappa shape index (κ1) is 17.5. The average Bonchev–Trinajstić information content (AvgIpc) is 3.42. The van der Waals surface area contributed by atoms with Gasteiger partial charge in [-0.25, -0.2) is 0 Å². The van der Waals surface area contributed by atoms with Crippen molar-refractivity contribution >= 4 is 29.1 Å². The van der Waals surface area contributed by atoms with Crippen LogP contribution in [0.15, 0.2) is 48.5 Å². The normalized spacial score (nSPS) is 14.6. The molecule has 1 unspecified atom stereocenters. The maximum absolute atomic E-state index is 12.2. The third-order valence-corrected chi connectivity index (χ3v) is 4.68. The number of anilines is 1. The Labute approximate surface area is 152 Å². The molecular weight excluding hydrogens is 336 g/mol. The van der Waals surface area contributed by atoms with Crippen LogP contribution in [0.1, 0.15) is 36.9 Å². The number of rotatable bonds is 6. The zero-order valence-corrected chi connectivity index (χ0v) is 14.8. The van der Waals surface area contributed by atoms with Crippen LogP contribution >= 0.6 is 11.6 Å². The number of hydrogen-bond donors (Lipinski definition) is 2. The lowest BCUT2D eigenvalue weighted by molar-refractivity contribution is -0.121. The number of halogens is 1. The zero-order chi connectivity index (χ0) is 17.8. The smallest absolute Gasteiger partial charge is 0.227 e. The monoisotopic (exact) mass is 356 g/mol. The molecule has 0 aliphatic heterocycles. The minimum absolute atomic E-state index is 0.0771. The molecule has 0 aromatic heterocycles. The van der Waals surface area contributed by atoms with Gasteiger partial charge in [-0.05, 0) is 49.1 Å². The second kappa shape index (κ2) is 7.70. The van der Waals surface area contributed by atoms with Gasteiger partial charge < -0.3 is 10.6 Å². The van der Waals surface area contributed by atoms with Crippen LogP contribution in [-0.2, 0) is 16.0 Å². The molecule has 4 nitrogen and oxygen atoms in total. The molecule has 5 heteroatoms. The Bertz CT molecular complexity index is 770. The molecule has 0 saturated heterocycles. The van der Waals surface area contributed by atoms with E-state index in [1.165, 1.54) is 0 Å². The fraction of sp³-hybridized carbons (Fsp3) is 0.300. The number of hydrogen-bond acceptors (Lipinski definition) is 2. The van der Waals surface area contributed by atoms with Gasteiger partial charge in [0.25, 0.3) is 0 Å². The lowest BCUT2D eigenvalue weighted by Gasteiger charge is -2.15. The first-order valence-corrected chi connectivity index (χ1v) is 8.84. The standard InChI is InChI=1S/C20H21ClN2O2/c1-13(22-19(24)12-16-4-2-3-5-18(16)21)14-8-10-17(11-9-14)23-20(25)15-6-7-15/h2-5,8-11,13,15H,6-7,12H2,1H3,(H,22,24)(H,23,25). The molecule has 2 aromatic carbocycles.